The largest absolute Gasteiger partial charge is 0.497 e. The van der Waals surface area contributed by atoms with Crippen molar-refractivity contribution in [3.63, 3.8) is 0 Å². The summed E-state index contributed by atoms with van der Waals surface area (Å²) in [4.78, 5) is 29.5. The van der Waals surface area contributed by atoms with Crippen LogP contribution in [0.15, 0.2) is 72.8 Å². The second kappa shape index (κ2) is 12.1. The lowest BCUT2D eigenvalue weighted by atomic mass is 9.94. The van der Waals surface area contributed by atoms with Crippen LogP contribution in [0.5, 0.6) is 5.75 Å². The number of carbonyl (C=O) groups is 2. The summed E-state index contributed by atoms with van der Waals surface area (Å²) >= 11 is 0. The summed E-state index contributed by atoms with van der Waals surface area (Å²) in [5.74, 6) is -0.309. The van der Waals surface area contributed by atoms with E-state index >= 15 is 0 Å². The smallest absolute Gasteiger partial charge is 0.247 e. The van der Waals surface area contributed by atoms with Gasteiger partial charge < -0.3 is 15.0 Å². The number of halogens is 1. The zero-order chi connectivity index (χ0) is 27.2. The molecule has 1 heterocycles. The minimum atomic E-state index is -0.961. The van der Waals surface area contributed by atoms with Gasteiger partial charge >= 0.3 is 0 Å². The third-order valence-electron chi connectivity index (χ3n) is 7.23. The summed E-state index contributed by atoms with van der Waals surface area (Å²) in [7, 11) is 1.59. The Labute approximate surface area is 226 Å². The molecule has 4 aromatic rings. The van der Waals surface area contributed by atoms with Crippen molar-refractivity contribution in [2.24, 2.45) is 0 Å². The first-order chi connectivity index (χ1) is 19.0. The van der Waals surface area contributed by atoms with Crippen LogP contribution in [-0.4, -0.2) is 44.9 Å². The molecule has 39 heavy (non-hydrogen) atoms. The molecule has 2 amide bonds. The van der Waals surface area contributed by atoms with Crippen LogP contribution >= 0.6 is 0 Å². The normalized spacial score (nSPS) is 14.6. The molecule has 1 unspecified atom stereocenters. The van der Waals surface area contributed by atoms with Crippen molar-refractivity contribution in [2.45, 2.75) is 57.3 Å². The van der Waals surface area contributed by atoms with E-state index in [-0.39, 0.29) is 30.9 Å². The minimum absolute atomic E-state index is 0.0476. The Morgan fingerprint density at radius 3 is 2.46 bits per heavy atom. The van der Waals surface area contributed by atoms with Crippen LogP contribution in [0.2, 0.25) is 0 Å². The topological polar surface area (TPSA) is 89.3 Å². The third-order valence-corrected chi connectivity index (χ3v) is 7.23. The number of benzene rings is 3. The number of nitrogens with zero attached hydrogens (tertiary/aromatic N) is 4. The summed E-state index contributed by atoms with van der Waals surface area (Å²) in [5.41, 5.74) is 2.76. The monoisotopic (exact) mass is 529 g/mol. The van der Waals surface area contributed by atoms with E-state index in [2.05, 4.69) is 15.6 Å². The second-order valence-electron chi connectivity index (χ2n) is 9.90. The van der Waals surface area contributed by atoms with E-state index in [1.165, 1.54) is 12.1 Å². The van der Waals surface area contributed by atoms with Gasteiger partial charge in [0.15, 0.2) is 0 Å². The second-order valence-corrected chi connectivity index (χ2v) is 9.90. The Kier molecular flexibility index (Phi) is 8.15. The van der Waals surface area contributed by atoms with Crippen LogP contribution < -0.4 is 10.1 Å². The Hall–Kier alpha value is -4.27. The number of amides is 2. The Balaban J connectivity index is 1.51. The number of carbonyl (C=O) groups excluding carboxylic acids is 2. The molecule has 1 fully saturated rings. The lowest BCUT2D eigenvalue weighted by Crippen LogP contribution is -2.47. The fourth-order valence-electron chi connectivity index (χ4n) is 5.15. The summed E-state index contributed by atoms with van der Waals surface area (Å²) in [6, 6.07) is 19.6. The van der Waals surface area contributed by atoms with Crippen LogP contribution in [-0.2, 0) is 22.7 Å². The molecular weight excluding hydrogens is 497 g/mol. The Morgan fingerprint density at radius 1 is 1.03 bits per heavy atom. The number of methoxy groups -OCH3 is 1. The van der Waals surface area contributed by atoms with Gasteiger partial charge in [0, 0.05) is 12.6 Å². The van der Waals surface area contributed by atoms with Gasteiger partial charge in [-0.2, -0.15) is 0 Å². The van der Waals surface area contributed by atoms with Crippen molar-refractivity contribution in [1.82, 2.24) is 25.2 Å². The molecule has 1 atom stereocenters. The predicted molar refractivity (Wildman–Crippen MR) is 145 cm³/mol. The number of hydrogen-bond acceptors (Lipinski definition) is 5. The maximum Gasteiger partial charge on any atom is 0.247 e. The van der Waals surface area contributed by atoms with Crippen LogP contribution in [0.3, 0.4) is 0 Å². The minimum Gasteiger partial charge on any atom is -0.497 e. The highest BCUT2D eigenvalue weighted by atomic mass is 19.1. The molecule has 202 valence electrons. The molecule has 0 bridgehead atoms. The first kappa shape index (κ1) is 26.3. The maximum atomic E-state index is 14.0. The van der Waals surface area contributed by atoms with E-state index in [9.17, 15) is 14.0 Å². The maximum absolute atomic E-state index is 14.0. The van der Waals surface area contributed by atoms with Crippen molar-refractivity contribution >= 4 is 22.8 Å². The zero-order valence-electron chi connectivity index (χ0n) is 21.9. The zero-order valence-corrected chi connectivity index (χ0v) is 21.9. The SMILES string of the molecule is COc1ccc(CN(C(=O)Cn2nnc3ccccc32)C(C(=O)NC2CCCCC2)c2ccc(F)cc2)cc1. The van der Waals surface area contributed by atoms with Gasteiger partial charge in [0.25, 0.3) is 0 Å². The van der Waals surface area contributed by atoms with Gasteiger partial charge in [0.05, 0.1) is 12.6 Å². The standard InChI is InChI=1S/C30H32FN5O3/c1-39-25-17-11-21(12-18-25)19-35(28(37)20-36-27-10-6-5-9-26(27)33-34-36)29(22-13-15-23(31)16-14-22)30(38)32-24-7-3-2-4-8-24/h5-6,9-18,24,29H,2-4,7-8,19-20H2,1H3,(H,32,38). The highest BCUT2D eigenvalue weighted by Gasteiger charge is 2.33. The number of rotatable bonds is 9. The molecule has 1 N–H and O–H groups in total. The van der Waals surface area contributed by atoms with Crippen molar-refractivity contribution < 1.29 is 18.7 Å². The molecule has 3 aromatic carbocycles. The van der Waals surface area contributed by atoms with Gasteiger partial charge in [-0.1, -0.05) is 60.9 Å². The Morgan fingerprint density at radius 2 is 1.74 bits per heavy atom. The molecule has 1 aliphatic rings. The number of aromatic nitrogens is 3. The summed E-state index contributed by atoms with van der Waals surface area (Å²) in [6.07, 6.45) is 5.07. The fraction of sp³-hybridized carbons (Fsp3) is 0.333. The van der Waals surface area contributed by atoms with Gasteiger partial charge in [0.2, 0.25) is 11.8 Å². The van der Waals surface area contributed by atoms with Crippen LogP contribution in [0, 0.1) is 5.82 Å². The van der Waals surface area contributed by atoms with E-state index in [1.54, 1.807) is 28.8 Å². The lowest BCUT2D eigenvalue weighted by Gasteiger charge is -2.33. The summed E-state index contributed by atoms with van der Waals surface area (Å²) < 4.78 is 20.7. The lowest BCUT2D eigenvalue weighted by molar-refractivity contribution is -0.142. The number of nitrogens with one attached hydrogen (secondary N) is 1. The van der Waals surface area contributed by atoms with Crippen LogP contribution in [0.1, 0.15) is 49.3 Å². The Bertz CT molecular complexity index is 1410. The average molecular weight is 530 g/mol. The van der Waals surface area contributed by atoms with E-state index in [4.69, 9.17) is 4.74 Å². The molecule has 1 saturated carbocycles. The van der Waals surface area contributed by atoms with E-state index in [0.29, 0.717) is 16.8 Å². The van der Waals surface area contributed by atoms with Gasteiger partial charge in [-0.25, -0.2) is 9.07 Å². The van der Waals surface area contributed by atoms with Gasteiger partial charge in [-0.05, 0) is 60.4 Å². The van der Waals surface area contributed by atoms with Crippen molar-refractivity contribution in [3.8, 4) is 5.75 Å². The summed E-state index contributed by atoms with van der Waals surface area (Å²) in [5, 5.41) is 11.5. The fourth-order valence-corrected chi connectivity index (χ4v) is 5.15. The molecule has 1 aromatic heterocycles. The average Bonchev–Trinajstić information content (AvgIpc) is 3.37. The molecule has 0 radical (unpaired) electrons. The quantitative estimate of drug-likeness (QED) is 0.337. The van der Waals surface area contributed by atoms with E-state index in [1.807, 2.05) is 48.5 Å². The highest BCUT2D eigenvalue weighted by Crippen LogP contribution is 2.27. The van der Waals surface area contributed by atoms with Gasteiger partial charge in [0.1, 0.15) is 29.7 Å². The molecule has 5 rings (SSSR count). The van der Waals surface area contributed by atoms with Crippen LogP contribution in [0.4, 0.5) is 4.39 Å². The summed E-state index contributed by atoms with van der Waals surface area (Å²) in [6.45, 7) is 0.0562. The molecule has 8 nitrogen and oxygen atoms in total. The van der Waals surface area contributed by atoms with E-state index < -0.39 is 11.9 Å². The van der Waals surface area contributed by atoms with Crippen LogP contribution in [0.25, 0.3) is 11.0 Å². The number of ether oxygens (including phenoxy) is 1. The van der Waals surface area contributed by atoms with Crippen molar-refractivity contribution in [3.05, 3.63) is 89.7 Å². The number of para-hydroxylation sites is 1. The van der Waals surface area contributed by atoms with Crippen molar-refractivity contribution in [1.29, 1.82) is 0 Å². The molecule has 0 spiro atoms. The highest BCUT2D eigenvalue weighted by molar-refractivity contribution is 5.89. The predicted octanol–water partition coefficient (Wildman–Crippen LogP) is 4.80. The molecule has 9 heteroatoms. The van der Waals surface area contributed by atoms with Gasteiger partial charge in [-0.3, -0.25) is 9.59 Å². The third kappa shape index (κ3) is 6.25. The number of hydrogen-bond donors (Lipinski definition) is 1. The molecular formula is C30H32FN5O3. The van der Waals surface area contributed by atoms with Gasteiger partial charge in [-0.15, -0.1) is 5.10 Å². The number of fused-ring (bicyclic) bond motifs is 1. The first-order valence-electron chi connectivity index (χ1n) is 13.3. The molecule has 0 saturated heterocycles. The molecule has 0 aliphatic heterocycles. The molecule has 1 aliphatic carbocycles. The van der Waals surface area contributed by atoms with Crippen molar-refractivity contribution in [2.75, 3.05) is 7.11 Å². The van der Waals surface area contributed by atoms with E-state index in [0.717, 1.165) is 43.2 Å². The first-order valence-corrected chi connectivity index (χ1v) is 13.3.